The molecule has 0 unspecified atom stereocenters. The van der Waals surface area contributed by atoms with Crippen LogP contribution in [0.1, 0.15) is 18.4 Å². The van der Waals surface area contributed by atoms with Crippen molar-refractivity contribution < 1.29 is 9.53 Å². The SMILES string of the molecule is CN(C)CCN(C(=O)NCc1ccccc1)C1CCOCC1. The van der Waals surface area contributed by atoms with Crippen LogP contribution in [0.5, 0.6) is 0 Å². The molecular formula is C17H27N3O2. The third-order valence-corrected chi connectivity index (χ3v) is 3.97. The van der Waals surface area contributed by atoms with Gasteiger partial charge in [-0.25, -0.2) is 4.79 Å². The number of amides is 2. The number of carbonyl (C=O) groups is 1. The van der Waals surface area contributed by atoms with Crippen molar-refractivity contribution in [3.05, 3.63) is 35.9 Å². The summed E-state index contributed by atoms with van der Waals surface area (Å²) in [7, 11) is 4.06. The van der Waals surface area contributed by atoms with E-state index < -0.39 is 0 Å². The standard InChI is InChI=1S/C17H27N3O2/c1-19(2)10-11-20(16-8-12-22-13-9-16)17(21)18-14-15-6-4-3-5-7-15/h3-7,16H,8-14H2,1-2H3,(H,18,21). The van der Waals surface area contributed by atoms with E-state index in [0.29, 0.717) is 6.54 Å². The molecule has 1 aliphatic rings. The lowest BCUT2D eigenvalue weighted by molar-refractivity contribution is 0.0443. The lowest BCUT2D eigenvalue weighted by Crippen LogP contribution is -2.50. The van der Waals surface area contributed by atoms with E-state index in [2.05, 4.69) is 10.2 Å². The molecule has 1 N–H and O–H groups in total. The van der Waals surface area contributed by atoms with E-state index in [4.69, 9.17) is 4.74 Å². The molecular weight excluding hydrogens is 278 g/mol. The van der Waals surface area contributed by atoms with Gasteiger partial charge in [0.05, 0.1) is 0 Å². The molecule has 122 valence electrons. The second kappa shape index (κ2) is 8.76. The minimum absolute atomic E-state index is 0.0256. The van der Waals surface area contributed by atoms with Gasteiger partial charge in [0.1, 0.15) is 0 Å². The summed E-state index contributed by atoms with van der Waals surface area (Å²) in [4.78, 5) is 16.7. The number of nitrogens with zero attached hydrogens (tertiary/aromatic N) is 2. The Hall–Kier alpha value is -1.59. The molecule has 1 saturated heterocycles. The molecule has 0 aromatic heterocycles. The maximum atomic E-state index is 12.6. The highest BCUT2D eigenvalue weighted by Crippen LogP contribution is 2.14. The molecule has 22 heavy (non-hydrogen) atoms. The summed E-state index contributed by atoms with van der Waals surface area (Å²) >= 11 is 0. The fraction of sp³-hybridized carbons (Fsp3) is 0.588. The van der Waals surface area contributed by atoms with E-state index in [1.54, 1.807) is 0 Å². The summed E-state index contributed by atoms with van der Waals surface area (Å²) in [5.41, 5.74) is 1.12. The van der Waals surface area contributed by atoms with Crippen molar-refractivity contribution in [2.45, 2.75) is 25.4 Å². The molecule has 0 saturated carbocycles. The van der Waals surface area contributed by atoms with Crippen molar-refractivity contribution in [2.24, 2.45) is 0 Å². The van der Waals surface area contributed by atoms with E-state index in [1.165, 1.54) is 0 Å². The first kappa shape index (κ1) is 16.8. The molecule has 2 rings (SSSR count). The number of rotatable bonds is 6. The normalized spacial score (nSPS) is 15.8. The summed E-state index contributed by atoms with van der Waals surface area (Å²) < 4.78 is 5.42. The third-order valence-electron chi connectivity index (χ3n) is 3.97. The van der Waals surface area contributed by atoms with E-state index in [0.717, 1.165) is 44.7 Å². The average Bonchev–Trinajstić information content (AvgIpc) is 2.55. The summed E-state index contributed by atoms with van der Waals surface area (Å²) in [5, 5.41) is 3.05. The monoisotopic (exact) mass is 305 g/mol. The topological polar surface area (TPSA) is 44.8 Å². The zero-order valence-corrected chi connectivity index (χ0v) is 13.6. The van der Waals surface area contributed by atoms with Gasteiger partial charge in [0.15, 0.2) is 0 Å². The molecule has 2 amide bonds. The first-order valence-electron chi connectivity index (χ1n) is 7.97. The zero-order chi connectivity index (χ0) is 15.8. The van der Waals surface area contributed by atoms with Crippen LogP contribution in [0.2, 0.25) is 0 Å². The first-order chi connectivity index (χ1) is 10.7. The van der Waals surface area contributed by atoms with Crippen molar-refractivity contribution in [3.8, 4) is 0 Å². The molecule has 5 nitrogen and oxygen atoms in total. The summed E-state index contributed by atoms with van der Waals surface area (Å²) in [6.07, 6.45) is 1.85. The van der Waals surface area contributed by atoms with E-state index in [1.807, 2.05) is 49.3 Å². The van der Waals surface area contributed by atoms with Gasteiger partial charge in [-0.15, -0.1) is 0 Å². The Kier molecular flexibility index (Phi) is 6.68. The smallest absolute Gasteiger partial charge is 0.317 e. The van der Waals surface area contributed by atoms with Gasteiger partial charge in [0.25, 0.3) is 0 Å². The van der Waals surface area contributed by atoms with Crippen LogP contribution in [0.4, 0.5) is 4.79 Å². The fourth-order valence-electron chi connectivity index (χ4n) is 2.63. The predicted molar refractivity (Wildman–Crippen MR) is 87.8 cm³/mol. The number of benzene rings is 1. The van der Waals surface area contributed by atoms with Gasteiger partial charge in [-0.3, -0.25) is 0 Å². The maximum absolute atomic E-state index is 12.6. The second-order valence-corrected chi connectivity index (χ2v) is 5.98. The van der Waals surface area contributed by atoms with Crippen molar-refractivity contribution in [1.82, 2.24) is 15.1 Å². The predicted octanol–water partition coefficient (Wildman–Crippen LogP) is 1.94. The van der Waals surface area contributed by atoms with Crippen LogP contribution in [0.25, 0.3) is 0 Å². The number of nitrogens with one attached hydrogen (secondary N) is 1. The molecule has 0 atom stereocenters. The molecule has 0 bridgehead atoms. The molecule has 1 heterocycles. The number of hydrogen-bond donors (Lipinski definition) is 1. The van der Waals surface area contributed by atoms with Crippen LogP contribution >= 0.6 is 0 Å². The molecule has 1 aliphatic heterocycles. The molecule has 5 heteroatoms. The Morgan fingerprint density at radius 1 is 1.18 bits per heavy atom. The number of hydrogen-bond acceptors (Lipinski definition) is 3. The summed E-state index contributed by atoms with van der Waals surface area (Å²) in [6, 6.07) is 10.3. The number of likely N-dealkylation sites (N-methyl/N-ethyl adjacent to an activating group) is 1. The summed E-state index contributed by atoms with van der Waals surface area (Å²) in [6.45, 7) is 3.68. The third kappa shape index (κ3) is 5.31. The molecule has 0 aliphatic carbocycles. The van der Waals surface area contributed by atoms with Gasteiger partial charge < -0.3 is 19.9 Å². The van der Waals surface area contributed by atoms with Crippen molar-refractivity contribution >= 4 is 6.03 Å². The molecule has 1 aromatic carbocycles. The van der Waals surface area contributed by atoms with E-state index in [9.17, 15) is 4.79 Å². The first-order valence-corrected chi connectivity index (χ1v) is 7.97. The number of urea groups is 1. The number of carbonyl (C=O) groups excluding carboxylic acids is 1. The van der Waals surface area contributed by atoms with Gasteiger partial charge in [0.2, 0.25) is 0 Å². The Morgan fingerprint density at radius 3 is 2.50 bits per heavy atom. The van der Waals surface area contributed by atoms with Gasteiger partial charge >= 0.3 is 6.03 Å². The van der Waals surface area contributed by atoms with Gasteiger partial charge in [-0.05, 0) is 32.5 Å². The van der Waals surface area contributed by atoms with Crippen molar-refractivity contribution in [1.29, 1.82) is 0 Å². The lowest BCUT2D eigenvalue weighted by atomic mass is 10.1. The average molecular weight is 305 g/mol. The second-order valence-electron chi connectivity index (χ2n) is 5.98. The Bertz CT molecular complexity index is 444. The molecule has 0 spiro atoms. The minimum Gasteiger partial charge on any atom is -0.381 e. The number of ether oxygens (including phenoxy) is 1. The summed E-state index contributed by atoms with van der Waals surface area (Å²) in [5.74, 6) is 0. The van der Waals surface area contributed by atoms with Crippen LogP contribution in [0.3, 0.4) is 0 Å². The molecule has 1 fully saturated rings. The van der Waals surface area contributed by atoms with Crippen LogP contribution in [0.15, 0.2) is 30.3 Å². The van der Waals surface area contributed by atoms with Gasteiger partial charge in [-0.2, -0.15) is 0 Å². The zero-order valence-electron chi connectivity index (χ0n) is 13.6. The molecule has 0 radical (unpaired) electrons. The van der Waals surface area contributed by atoms with E-state index in [-0.39, 0.29) is 12.1 Å². The van der Waals surface area contributed by atoms with E-state index >= 15 is 0 Å². The largest absolute Gasteiger partial charge is 0.381 e. The van der Waals surface area contributed by atoms with Gasteiger partial charge in [0, 0.05) is 38.9 Å². The Morgan fingerprint density at radius 2 is 1.86 bits per heavy atom. The van der Waals surface area contributed by atoms with Crippen LogP contribution in [-0.2, 0) is 11.3 Å². The van der Waals surface area contributed by atoms with Crippen molar-refractivity contribution in [2.75, 3.05) is 40.4 Å². The van der Waals surface area contributed by atoms with Gasteiger partial charge in [-0.1, -0.05) is 30.3 Å². The molecule has 1 aromatic rings. The van der Waals surface area contributed by atoms with Crippen LogP contribution in [0, 0.1) is 0 Å². The minimum atomic E-state index is 0.0256. The quantitative estimate of drug-likeness (QED) is 0.873. The van der Waals surface area contributed by atoms with Crippen LogP contribution in [-0.4, -0.2) is 62.3 Å². The highest BCUT2D eigenvalue weighted by molar-refractivity contribution is 5.74. The lowest BCUT2D eigenvalue weighted by Gasteiger charge is -2.35. The Balaban J connectivity index is 1.92. The Labute approximate surface area is 133 Å². The highest BCUT2D eigenvalue weighted by atomic mass is 16.5. The maximum Gasteiger partial charge on any atom is 0.317 e. The highest BCUT2D eigenvalue weighted by Gasteiger charge is 2.25. The fourth-order valence-corrected chi connectivity index (χ4v) is 2.63. The van der Waals surface area contributed by atoms with Crippen LogP contribution < -0.4 is 5.32 Å². The van der Waals surface area contributed by atoms with Crippen molar-refractivity contribution in [3.63, 3.8) is 0 Å².